The van der Waals surface area contributed by atoms with Gasteiger partial charge in [-0.25, -0.2) is 15.0 Å². The number of hydrogen-bond acceptors (Lipinski definition) is 4. The normalized spacial score (nSPS) is 10.9. The Morgan fingerprint density at radius 1 is 1.18 bits per heavy atom. The Hall–Kier alpha value is -2.62. The zero-order chi connectivity index (χ0) is 18.9. The summed E-state index contributed by atoms with van der Waals surface area (Å²) >= 11 is 0. The largest absolute Gasteiger partial charge is 0.496 e. The van der Waals surface area contributed by atoms with Gasteiger partial charge in [0.05, 0.1) is 13.7 Å². The lowest BCUT2D eigenvalue weighted by Crippen LogP contribution is -2.36. The molecule has 0 spiro atoms. The van der Waals surface area contributed by atoms with E-state index in [4.69, 9.17) is 4.74 Å². The SMILES string of the molecule is CCNC(=NCc1ccnc(-n2ccnc2)c1)NCc1ccccc1OC.I. The number of halogens is 1. The second-order valence-corrected chi connectivity index (χ2v) is 5.85. The number of benzene rings is 1. The van der Waals surface area contributed by atoms with Crippen molar-refractivity contribution in [2.45, 2.75) is 20.0 Å². The lowest BCUT2D eigenvalue weighted by atomic mass is 10.2. The van der Waals surface area contributed by atoms with Crippen molar-refractivity contribution < 1.29 is 4.74 Å². The van der Waals surface area contributed by atoms with Crippen molar-refractivity contribution in [3.63, 3.8) is 0 Å². The van der Waals surface area contributed by atoms with Crippen LogP contribution < -0.4 is 15.4 Å². The Bertz CT molecular complexity index is 882. The molecule has 0 bridgehead atoms. The number of nitrogens with one attached hydrogen (secondary N) is 2. The van der Waals surface area contributed by atoms with E-state index in [1.54, 1.807) is 25.8 Å². The maximum absolute atomic E-state index is 5.40. The standard InChI is InChI=1S/C20H24N6O.HI/c1-3-22-20(25-14-17-6-4-5-7-18(17)27-2)24-13-16-8-9-23-19(12-16)26-11-10-21-15-26;/h4-12,15H,3,13-14H2,1-2H3,(H2,22,24,25);1H. The monoisotopic (exact) mass is 492 g/mol. The molecule has 0 unspecified atom stereocenters. The maximum Gasteiger partial charge on any atom is 0.191 e. The van der Waals surface area contributed by atoms with Crippen LogP contribution in [0.4, 0.5) is 0 Å². The van der Waals surface area contributed by atoms with Crippen LogP contribution in [-0.2, 0) is 13.1 Å². The summed E-state index contributed by atoms with van der Waals surface area (Å²) in [6.07, 6.45) is 7.12. The van der Waals surface area contributed by atoms with Gasteiger partial charge in [0.2, 0.25) is 0 Å². The molecule has 0 amide bonds. The fourth-order valence-electron chi connectivity index (χ4n) is 2.63. The summed E-state index contributed by atoms with van der Waals surface area (Å²) in [6.45, 7) is 4.01. The zero-order valence-electron chi connectivity index (χ0n) is 16.0. The molecular weight excluding hydrogens is 467 g/mol. The molecule has 0 fully saturated rings. The first-order valence-electron chi connectivity index (χ1n) is 8.87. The molecule has 3 rings (SSSR count). The summed E-state index contributed by atoms with van der Waals surface area (Å²) < 4.78 is 7.27. The Labute approximate surface area is 182 Å². The number of imidazole rings is 1. The minimum Gasteiger partial charge on any atom is -0.496 e. The summed E-state index contributed by atoms with van der Waals surface area (Å²) in [7, 11) is 1.68. The van der Waals surface area contributed by atoms with E-state index in [0.717, 1.165) is 35.2 Å². The van der Waals surface area contributed by atoms with E-state index in [1.807, 2.05) is 54.1 Å². The van der Waals surface area contributed by atoms with Crippen LogP contribution in [0.2, 0.25) is 0 Å². The van der Waals surface area contributed by atoms with Gasteiger partial charge in [-0.2, -0.15) is 0 Å². The molecule has 0 aliphatic rings. The van der Waals surface area contributed by atoms with E-state index in [1.165, 1.54) is 0 Å². The summed E-state index contributed by atoms with van der Waals surface area (Å²) in [4.78, 5) is 13.1. The van der Waals surface area contributed by atoms with Crippen molar-refractivity contribution in [1.29, 1.82) is 0 Å². The first kappa shape index (κ1) is 21.7. The third-order valence-electron chi connectivity index (χ3n) is 3.98. The molecule has 148 valence electrons. The Kier molecular flexibility index (Phi) is 8.73. The fraction of sp³-hybridized carbons (Fsp3) is 0.250. The molecule has 0 aliphatic carbocycles. The second kappa shape index (κ2) is 11.3. The number of hydrogen-bond donors (Lipinski definition) is 2. The van der Waals surface area contributed by atoms with E-state index in [9.17, 15) is 0 Å². The second-order valence-electron chi connectivity index (χ2n) is 5.85. The summed E-state index contributed by atoms with van der Waals surface area (Å²) in [6, 6.07) is 11.9. The number of para-hydroxylation sites is 1. The van der Waals surface area contributed by atoms with E-state index >= 15 is 0 Å². The average molecular weight is 492 g/mol. The highest BCUT2D eigenvalue weighted by molar-refractivity contribution is 14.0. The molecule has 0 radical (unpaired) electrons. The summed E-state index contributed by atoms with van der Waals surface area (Å²) in [5.74, 6) is 2.44. The zero-order valence-corrected chi connectivity index (χ0v) is 18.3. The van der Waals surface area contributed by atoms with E-state index < -0.39 is 0 Å². The quantitative estimate of drug-likeness (QED) is 0.301. The Morgan fingerprint density at radius 3 is 2.79 bits per heavy atom. The predicted molar refractivity (Wildman–Crippen MR) is 121 cm³/mol. The van der Waals surface area contributed by atoms with Crippen LogP contribution in [0.1, 0.15) is 18.1 Å². The molecule has 2 N–H and O–H groups in total. The van der Waals surface area contributed by atoms with Gasteiger partial charge >= 0.3 is 0 Å². The predicted octanol–water partition coefficient (Wildman–Crippen LogP) is 3.15. The summed E-state index contributed by atoms with van der Waals surface area (Å²) in [5.41, 5.74) is 2.15. The molecular formula is C20H25IN6O. The number of pyridine rings is 1. The van der Waals surface area contributed by atoms with Crippen LogP contribution in [0.3, 0.4) is 0 Å². The molecule has 0 aliphatic heterocycles. The molecule has 0 saturated heterocycles. The Balaban J connectivity index is 0.00000280. The van der Waals surface area contributed by atoms with Gasteiger partial charge in [-0.05, 0) is 30.7 Å². The fourth-order valence-corrected chi connectivity index (χ4v) is 2.63. The average Bonchev–Trinajstić information content (AvgIpc) is 3.25. The number of aromatic nitrogens is 3. The lowest BCUT2D eigenvalue weighted by Gasteiger charge is -2.13. The number of nitrogens with zero attached hydrogens (tertiary/aromatic N) is 4. The highest BCUT2D eigenvalue weighted by atomic mass is 127. The molecule has 2 aromatic heterocycles. The van der Waals surface area contributed by atoms with Crippen molar-refractivity contribution in [2.24, 2.45) is 4.99 Å². The maximum atomic E-state index is 5.40. The van der Waals surface area contributed by atoms with Crippen molar-refractivity contribution in [3.05, 3.63) is 72.4 Å². The third-order valence-corrected chi connectivity index (χ3v) is 3.98. The van der Waals surface area contributed by atoms with Gasteiger partial charge in [-0.3, -0.25) is 4.57 Å². The van der Waals surface area contributed by atoms with Crippen LogP contribution in [0.15, 0.2) is 66.3 Å². The van der Waals surface area contributed by atoms with Crippen molar-refractivity contribution >= 4 is 29.9 Å². The number of rotatable bonds is 7. The highest BCUT2D eigenvalue weighted by Gasteiger charge is 2.04. The highest BCUT2D eigenvalue weighted by Crippen LogP contribution is 2.16. The van der Waals surface area contributed by atoms with Crippen LogP contribution in [-0.4, -0.2) is 34.1 Å². The summed E-state index contributed by atoms with van der Waals surface area (Å²) in [5, 5.41) is 6.62. The van der Waals surface area contributed by atoms with E-state index in [2.05, 4.69) is 25.6 Å². The number of guanidine groups is 1. The number of ether oxygens (including phenoxy) is 1. The molecule has 0 atom stereocenters. The van der Waals surface area contributed by atoms with Crippen molar-refractivity contribution in [1.82, 2.24) is 25.2 Å². The van der Waals surface area contributed by atoms with Gasteiger partial charge in [-0.15, -0.1) is 24.0 Å². The molecule has 7 nitrogen and oxygen atoms in total. The molecule has 0 saturated carbocycles. The van der Waals surface area contributed by atoms with Crippen LogP contribution in [0, 0.1) is 0 Å². The lowest BCUT2D eigenvalue weighted by molar-refractivity contribution is 0.409. The minimum absolute atomic E-state index is 0. The van der Waals surface area contributed by atoms with Gasteiger partial charge < -0.3 is 15.4 Å². The van der Waals surface area contributed by atoms with Crippen LogP contribution in [0.5, 0.6) is 5.75 Å². The smallest absolute Gasteiger partial charge is 0.191 e. The van der Waals surface area contributed by atoms with Gasteiger partial charge in [0.15, 0.2) is 5.96 Å². The van der Waals surface area contributed by atoms with Gasteiger partial charge in [0, 0.05) is 37.2 Å². The first-order chi connectivity index (χ1) is 13.3. The molecule has 8 heteroatoms. The number of aliphatic imine (C=N–C) groups is 1. The van der Waals surface area contributed by atoms with Crippen molar-refractivity contribution in [3.8, 4) is 11.6 Å². The van der Waals surface area contributed by atoms with Crippen molar-refractivity contribution in [2.75, 3.05) is 13.7 Å². The third kappa shape index (κ3) is 5.95. The molecule has 1 aromatic carbocycles. The molecule has 2 heterocycles. The van der Waals surface area contributed by atoms with Gasteiger partial charge in [0.25, 0.3) is 0 Å². The number of methoxy groups -OCH3 is 1. The molecule has 3 aromatic rings. The van der Waals surface area contributed by atoms with E-state index in [0.29, 0.717) is 13.1 Å². The van der Waals surface area contributed by atoms with Crippen LogP contribution in [0.25, 0.3) is 5.82 Å². The first-order valence-corrected chi connectivity index (χ1v) is 8.87. The van der Waals surface area contributed by atoms with Gasteiger partial charge in [0.1, 0.15) is 17.9 Å². The van der Waals surface area contributed by atoms with E-state index in [-0.39, 0.29) is 24.0 Å². The van der Waals surface area contributed by atoms with Crippen LogP contribution >= 0.6 is 24.0 Å². The topological polar surface area (TPSA) is 76.4 Å². The molecule has 28 heavy (non-hydrogen) atoms. The van der Waals surface area contributed by atoms with Gasteiger partial charge in [-0.1, -0.05) is 18.2 Å². The minimum atomic E-state index is 0. The Morgan fingerprint density at radius 2 is 2.04 bits per heavy atom.